The topological polar surface area (TPSA) is 41.7 Å². The highest BCUT2D eigenvalue weighted by Crippen LogP contribution is 2.23. The second-order valence-electron chi connectivity index (χ2n) is 3.73. The number of aromatic nitrogens is 3. The Bertz CT molecular complexity index is 877. The summed E-state index contributed by atoms with van der Waals surface area (Å²) >= 11 is 1.64. The van der Waals surface area contributed by atoms with Gasteiger partial charge >= 0.3 is 0 Å². The monoisotopic (exact) mass is 229 g/mol. The van der Waals surface area contributed by atoms with Crippen molar-refractivity contribution in [2.45, 2.75) is 0 Å². The average Bonchev–Trinajstić information content (AvgIpc) is 2.93. The Kier molecular flexibility index (Phi) is 1.31. The van der Waals surface area contributed by atoms with Gasteiger partial charge in [0.1, 0.15) is 16.0 Å². The van der Waals surface area contributed by atoms with Crippen LogP contribution in [0.2, 0.25) is 0 Å². The van der Waals surface area contributed by atoms with Gasteiger partial charge in [0.05, 0.1) is 6.20 Å². The Hall–Kier alpha value is -2.01. The molecule has 0 aliphatic rings. The van der Waals surface area contributed by atoms with E-state index in [0.29, 0.717) is 0 Å². The molecule has 0 amide bonds. The van der Waals surface area contributed by atoms with Crippen molar-refractivity contribution in [2.75, 3.05) is 0 Å². The van der Waals surface area contributed by atoms with Crippen LogP contribution in [0.5, 0.6) is 0 Å². The molecular formula is C11H7N3OS. The molecule has 4 nitrogen and oxygen atoms in total. The maximum Gasteiger partial charge on any atom is 0.280 e. The van der Waals surface area contributed by atoms with E-state index < -0.39 is 0 Å². The van der Waals surface area contributed by atoms with Gasteiger partial charge in [0, 0.05) is 17.8 Å². The largest absolute Gasteiger partial charge is 0.345 e. The van der Waals surface area contributed by atoms with Gasteiger partial charge in [0.15, 0.2) is 0 Å². The van der Waals surface area contributed by atoms with Crippen molar-refractivity contribution in [3.05, 3.63) is 46.5 Å². The van der Waals surface area contributed by atoms with Crippen LogP contribution in [0.15, 0.2) is 40.9 Å². The van der Waals surface area contributed by atoms with Gasteiger partial charge in [-0.15, -0.1) is 11.3 Å². The van der Waals surface area contributed by atoms with Crippen LogP contribution in [-0.4, -0.2) is 13.8 Å². The zero-order valence-corrected chi connectivity index (χ0v) is 8.99. The normalized spacial score (nSPS) is 12.0. The summed E-state index contributed by atoms with van der Waals surface area (Å²) in [6.45, 7) is 0. The van der Waals surface area contributed by atoms with Gasteiger partial charge in [0.2, 0.25) is 0 Å². The summed E-state index contributed by atoms with van der Waals surface area (Å²) in [5.74, 6) is 0. The number of fused-ring (bicyclic) bond motifs is 4. The number of hydrogen-bond acceptors (Lipinski definition) is 2. The highest BCUT2D eigenvalue weighted by atomic mass is 32.1. The lowest BCUT2D eigenvalue weighted by atomic mass is 10.4. The summed E-state index contributed by atoms with van der Waals surface area (Å²) < 4.78 is 3.58. The summed E-state index contributed by atoms with van der Waals surface area (Å²) in [5, 5.41) is 3.16. The molecule has 0 unspecified atom stereocenters. The number of nitrogens with zero attached hydrogens (tertiary/aromatic N) is 2. The predicted molar refractivity (Wildman–Crippen MR) is 64.4 cm³/mol. The predicted octanol–water partition coefficient (Wildman–Crippen LogP) is 2.09. The fourth-order valence-corrected chi connectivity index (χ4v) is 2.98. The minimum absolute atomic E-state index is 0.0159. The molecular weight excluding hydrogens is 222 g/mol. The summed E-state index contributed by atoms with van der Waals surface area (Å²) in [4.78, 5) is 16.3. The van der Waals surface area contributed by atoms with Crippen molar-refractivity contribution in [2.24, 2.45) is 0 Å². The molecule has 4 rings (SSSR count). The van der Waals surface area contributed by atoms with E-state index in [1.54, 1.807) is 28.1 Å². The summed E-state index contributed by atoms with van der Waals surface area (Å²) in [6.07, 6.45) is 5.47. The smallest absolute Gasteiger partial charge is 0.280 e. The van der Waals surface area contributed by atoms with Crippen molar-refractivity contribution in [3.63, 3.8) is 0 Å². The quantitative estimate of drug-likeness (QED) is 0.493. The van der Waals surface area contributed by atoms with Crippen LogP contribution in [0.25, 0.3) is 21.4 Å². The molecule has 0 atom stereocenters. The Morgan fingerprint density at radius 1 is 1.31 bits per heavy atom. The first-order chi connectivity index (χ1) is 7.84. The maximum absolute atomic E-state index is 12.1. The van der Waals surface area contributed by atoms with Gasteiger partial charge < -0.3 is 4.98 Å². The van der Waals surface area contributed by atoms with Crippen LogP contribution in [-0.2, 0) is 0 Å². The van der Waals surface area contributed by atoms with Gasteiger partial charge in [-0.3, -0.25) is 13.6 Å². The zero-order chi connectivity index (χ0) is 10.7. The highest BCUT2D eigenvalue weighted by molar-refractivity contribution is 7.16. The number of imidazole rings is 1. The van der Waals surface area contributed by atoms with Gasteiger partial charge in [-0.2, -0.15) is 0 Å². The Morgan fingerprint density at radius 2 is 2.25 bits per heavy atom. The summed E-state index contributed by atoms with van der Waals surface area (Å²) in [7, 11) is 0. The van der Waals surface area contributed by atoms with E-state index in [4.69, 9.17) is 0 Å². The molecule has 0 radical (unpaired) electrons. The molecule has 0 aliphatic carbocycles. The van der Waals surface area contributed by atoms with Crippen LogP contribution in [0.1, 0.15) is 0 Å². The Balaban J connectivity index is 2.44. The van der Waals surface area contributed by atoms with Gasteiger partial charge in [-0.1, -0.05) is 0 Å². The van der Waals surface area contributed by atoms with Crippen LogP contribution in [0, 0.1) is 0 Å². The number of nitrogens with one attached hydrogen (secondary N) is 1. The van der Waals surface area contributed by atoms with Crippen LogP contribution in [0.4, 0.5) is 0 Å². The molecule has 1 N–H and O–H groups in total. The third kappa shape index (κ3) is 0.821. The van der Waals surface area contributed by atoms with E-state index in [1.165, 1.54) is 0 Å². The molecule has 0 saturated heterocycles. The Morgan fingerprint density at radius 3 is 3.19 bits per heavy atom. The van der Waals surface area contributed by atoms with Gasteiger partial charge in [-0.05, 0) is 17.5 Å². The van der Waals surface area contributed by atoms with Crippen molar-refractivity contribution >= 4 is 32.7 Å². The molecule has 0 spiro atoms. The number of H-pyrrole nitrogens is 1. The number of thiophene rings is 1. The lowest BCUT2D eigenvalue weighted by Gasteiger charge is -1.96. The van der Waals surface area contributed by atoms with Crippen molar-refractivity contribution in [1.29, 1.82) is 0 Å². The molecule has 0 bridgehead atoms. The first-order valence-electron chi connectivity index (χ1n) is 4.91. The minimum Gasteiger partial charge on any atom is -0.345 e. The first-order valence-corrected chi connectivity index (χ1v) is 5.79. The fraction of sp³-hybridized carbons (Fsp3) is 0. The minimum atomic E-state index is 0.0159. The van der Waals surface area contributed by atoms with E-state index in [9.17, 15) is 4.79 Å². The molecule has 0 aliphatic heterocycles. The van der Waals surface area contributed by atoms with E-state index in [2.05, 4.69) is 4.98 Å². The van der Waals surface area contributed by atoms with Crippen molar-refractivity contribution < 1.29 is 0 Å². The van der Waals surface area contributed by atoms with Gasteiger partial charge in [0.25, 0.3) is 5.56 Å². The second kappa shape index (κ2) is 2.56. The molecule has 4 heterocycles. The molecule has 4 aromatic rings. The lowest BCUT2D eigenvalue weighted by molar-refractivity contribution is 1.07. The van der Waals surface area contributed by atoms with Crippen LogP contribution < -0.4 is 5.56 Å². The van der Waals surface area contributed by atoms with E-state index >= 15 is 0 Å². The highest BCUT2D eigenvalue weighted by Gasteiger charge is 2.09. The third-order valence-corrected chi connectivity index (χ3v) is 3.78. The van der Waals surface area contributed by atoms with Crippen LogP contribution >= 0.6 is 11.3 Å². The number of aromatic amines is 1. The SMILES string of the molecule is O=c1c2cc3ccsc3n2cc2[nH]ccn12. The molecule has 0 saturated carbocycles. The standard InChI is InChI=1S/C11H7N3OS/c15-10-8-5-7-1-4-16-11(7)14(8)6-9-12-2-3-13(9)10/h1-6,12H. The van der Waals surface area contributed by atoms with Crippen molar-refractivity contribution in [1.82, 2.24) is 13.8 Å². The zero-order valence-electron chi connectivity index (χ0n) is 8.18. The van der Waals surface area contributed by atoms with E-state index in [0.717, 1.165) is 21.4 Å². The first kappa shape index (κ1) is 8.18. The van der Waals surface area contributed by atoms with Crippen molar-refractivity contribution in [3.8, 4) is 0 Å². The fourth-order valence-electron chi connectivity index (χ4n) is 2.11. The molecule has 5 heteroatoms. The van der Waals surface area contributed by atoms with Crippen LogP contribution in [0.3, 0.4) is 0 Å². The average molecular weight is 229 g/mol. The Labute approximate surface area is 93.4 Å². The summed E-state index contributed by atoms with van der Waals surface area (Å²) in [5.41, 5.74) is 1.55. The maximum atomic E-state index is 12.1. The number of hydrogen-bond donors (Lipinski definition) is 1. The second-order valence-corrected chi connectivity index (χ2v) is 4.62. The van der Waals surface area contributed by atoms with E-state index in [-0.39, 0.29) is 5.56 Å². The molecule has 16 heavy (non-hydrogen) atoms. The third-order valence-electron chi connectivity index (χ3n) is 2.85. The van der Waals surface area contributed by atoms with E-state index in [1.807, 2.05) is 28.1 Å². The molecule has 78 valence electrons. The molecule has 0 fully saturated rings. The lowest BCUT2D eigenvalue weighted by Crippen LogP contribution is -2.13. The summed E-state index contributed by atoms with van der Waals surface area (Å²) in [6, 6.07) is 3.97. The van der Waals surface area contributed by atoms with Gasteiger partial charge in [-0.25, -0.2) is 0 Å². The molecule has 0 aromatic carbocycles. The molecule has 4 aromatic heterocycles. The number of rotatable bonds is 0.